The minimum Gasteiger partial charge on any atom is -0.339 e. The lowest BCUT2D eigenvalue weighted by Crippen LogP contribution is -2.55. The second-order valence-electron chi connectivity index (χ2n) is 5.71. The van der Waals surface area contributed by atoms with Crippen LogP contribution in [0, 0.1) is 5.82 Å². The summed E-state index contributed by atoms with van der Waals surface area (Å²) in [5.41, 5.74) is -0.367. The smallest absolute Gasteiger partial charge is 0.232 e. The third-order valence-corrected chi connectivity index (χ3v) is 3.74. The Morgan fingerprint density at radius 2 is 2.11 bits per heavy atom. The third kappa shape index (κ3) is 2.78. The molecule has 0 spiro atoms. The molecule has 0 radical (unpaired) electrons. The summed E-state index contributed by atoms with van der Waals surface area (Å²) in [6.07, 6.45) is 0. The summed E-state index contributed by atoms with van der Waals surface area (Å²) in [6, 6.07) is 6.80. The summed E-state index contributed by atoms with van der Waals surface area (Å²) >= 11 is 0. The Morgan fingerprint density at radius 1 is 1.42 bits per heavy atom. The highest BCUT2D eigenvalue weighted by Crippen LogP contribution is 2.28. The van der Waals surface area contributed by atoms with Crippen molar-refractivity contribution in [3.63, 3.8) is 0 Å². The molecule has 19 heavy (non-hydrogen) atoms. The van der Waals surface area contributed by atoms with Crippen LogP contribution in [-0.2, 0) is 10.2 Å². The summed E-state index contributed by atoms with van der Waals surface area (Å²) in [7, 11) is 0. The standard InChI is InChI=1S/C15H21FN2O/c1-11-10-18(9-8-17-11)14(19)15(2,3)12-6-4-5-7-13(12)16/h4-7,11,17H,8-10H2,1-3H3. The number of piperazine rings is 1. The van der Waals surface area contributed by atoms with Gasteiger partial charge in [-0.1, -0.05) is 18.2 Å². The van der Waals surface area contributed by atoms with Crippen LogP contribution in [0.2, 0.25) is 0 Å². The number of halogens is 1. The molecule has 1 amide bonds. The van der Waals surface area contributed by atoms with E-state index in [0.29, 0.717) is 18.7 Å². The minimum absolute atomic E-state index is 0.00838. The van der Waals surface area contributed by atoms with Gasteiger partial charge in [-0.05, 0) is 26.8 Å². The fourth-order valence-corrected chi connectivity index (χ4v) is 2.60. The molecular weight excluding hydrogens is 243 g/mol. The van der Waals surface area contributed by atoms with Gasteiger partial charge in [0, 0.05) is 31.2 Å². The second kappa shape index (κ2) is 5.29. The molecule has 1 aromatic carbocycles. The Balaban J connectivity index is 2.24. The molecule has 1 atom stereocenters. The predicted octanol–water partition coefficient (Wildman–Crippen LogP) is 1.92. The van der Waals surface area contributed by atoms with Crippen LogP contribution < -0.4 is 5.32 Å². The van der Waals surface area contributed by atoms with E-state index in [4.69, 9.17) is 0 Å². The fourth-order valence-electron chi connectivity index (χ4n) is 2.60. The van der Waals surface area contributed by atoms with Gasteiger partial charge in [0.25, 0.3) is 0 Å². The third-order valence-electron chi connectivity index (χ3n) is 3.74. The molecule has 0 saturated carbocycles. The van der Waals surface area contributed by atoms with E-state index in [1.165, 1.54) is 6.07 Å². The molecule has 104 valence electrons. The van der Waals surface area contributed by atoms with Crippen molar-refractivity contribution in [3.05, 3.63) is 35.6 Å². The monoisotopic (exact) mass is 264 g/mol. The van der Waals surface area contributed by atoms with Crippen molar-refractivity contribution in [2.24, 2.45) is 0 Å². The van der Waals surface area contributed by atoms with Crippen LogP contribution in [0.15, 0.2) is 24.3 Å². The van der Waals surface area contributed by atoms with Gasteiger partial charge >= 0.3 is 0 Å². The van der Waals surface area contributed by atoms with E-state index in [-0.39, 0.29) is 17.8 Å². The Bertz CT molecular complexity index is 473. The van der Waals surface area contributed by atoms with E-state index in [1.54, 1.807) is 32.0 Å². The Hall–Kier alpha value is -1.42. The first-order valence-corrected chi connectivity index (χ1v) is 6.70. The van der Waals surface area contributed by atoms with E-state index in [2.05, 4.69) is 12.2 Å². The molecule has 1 aromatic rings. The summed E-state index contributed by atoms with van der Waals surface area (Å²) in [5.74, 6) is -0.324. The number of amides is 1. The number of nitrogens with one attached hydrogen (secondary N) is 1. The van der Waals surface area contributed by atoms with Crippen molar-refractivity contribution in [1.29, 1.82) is 0 Å². The van der Waals surface area contributed by atoms with Crippen LogP contribution in [0.1, 0.15) is 26.3 Å². The summed E-state index contributed by atoms with van der Waals surface area (Å²) in [4.78, 5) is 14.5. The molecule has 3 nitrogen and oxygen atoms in total. The van der Waals surface area contributed by atoms with Gasteiger partial charge in [-0.2, -0.15) is 0 Å². The van der Waals surface area contributed by atoms with Gasteiger partial charge in [-0.25, -0.2) is 4.39 Å². The van der Waals surface area contributed by atoms with Crippen LogP contribution in [0.4, 0.5) is 4.39 Å². The molecule has 0 bridgehead atoms. The molecule has 0 aliphatic carbocycles. The number of hydrogen-bond acceptors (Lipinski definition) is 2. The Labute approximate surface area is 113 Å². The van der Waals surface area contributed by atoms with E-state index in [9.17, 15) is 9.18 Å². The Morgan fingerprint density at radius 3 is 2.74 bits per heavy atom. The molecule has 1 aliphatic rings. The summed E-state index contributed by atoms with van der Waals surface area (Å²) < 4.78 is 13.9. The molecule has 1 heterocycles. The quantitative estimate of drug-likeness (QED) is 0.885. The van der Waals surface area contributed by atoms with Crippen molar-refractivity contribution >= 4 is 5.91 Å². The van der Waals surface area contributed by atoms with Crippen molar-refractivity contribution in [1.82, 2.24) is 10.2 Å². The molecule has 1 unspecified atom stereocenters. The SMILES string of the molecule is CC1CN(C(=O)C(C)(C)c2ccccc2F)CCN1. The lowest BCUT2D eigenvalue weighted by molar-refractivity contribution is -0.137. The minimum atomic E-state index is -0.831. The first-order chi connectivity index (χ1) is 8.93. The van der Waals surface area contributed by atoms with Crippen molar-refractivity contribution in [2.75, 3.05) is 19.6 Å². The lowest BCUT2D eigenvalue weighted by atomic mass is 9.82. The van der Waals surface area contributed by atoms with Gasteiger partial charge < -0.3 is 10.2 Å². The van der Waals surface area contributed by atoms with Crippen molar-refractivity contribution in [3.8, 4) is 0 Å². The van der Waals surface area contributed by atoms with Crippen molar-refractivity contribution in [2.45, 2.75) is 32.2 Å². The maximum atomic E-state index is 13.9. The van der Waals surface area contributed by atoms with Crippen LogP contribution in [0.5, 0.6) is 0 Å². The highest BCUT2D eigenvalue weighted by atomic mass is 19.1. The topological polar surface area (TPSA) is 32.3 Å². The van der Waals surface area contributed by atoms with Crippen LogP contribution in [0.25, 0.3) is 0 Å². The average Bonchev–Trinajstić information content (AvgIpc) is 2.38. The number of carbonyl (C=O) groups is 1. The molecule has 1 saturated heterocycles. The first kappa shape index (κ1) is 14.0. The molecule has 0 aromatic heterocycles. The molecular formula is C15H21FN2O. The summed E-state index contributed by atoms with van der Waals surface area (Å²) in [5, 5.41) is 3.30. The highest BCUT2D eigenvalue weighted by molar-refractivity contribution is 5.87. The van der Waals surface area contributed by atoms with Crippen LogP contribution in [-0.4, -0.2) is 36.5 Å². The van der Waals surface area contributed by atoms with Gasteiger partial charge in [-0.15, -0.1) is 0 Å². The van der Waals surface area contributed by atoms with Crippen LogP contribution in [0.3, 0.4) is 0 Å². The zero-order chi connectivity index (χ0) is 14.0. The highest BCUT2D eigenvalue weighted by Gasteiger charge is 2.36. The number of rotatable bonds is 2. The zero-order valence-corrected chi connectivity index (χ0v) is 11.7. The van der Waals surface area contributed by atoms with E-state index in [0.717, 1.165) is 6.54 Å². The van der Waals surface area contributed by atoms with Gasteiger partial charge in [-0.3, -0.25) is 4.79 Å². The summed E-state index contributed by atoms with van der Waals surface area (Å²) in [6.45, 7) is 7.79. The molecule has 1 fully saturated rings. The van der Waals surface area contributed by atoms with E-state index in [1.807, 2.05) is 4.90 Å². The zero-order valence-electron chi connectivity index (χ0n) is 11.7. The number of hydrogen-bond donors (Lipinski definition) is 1. The fraction of sp³-hybridized carbons (Fsp3) is 0.533. The van der Waals surface area contributed by atoms with Gasteiger partial charge in [0.05, 0.1) is 5.41 Å². The van der Waals surface area contributed by atoms with Crippen molar-refractivity contribution < 1.29 is 9.18 Å². The van der Waals surface area contributed by atoms with Gasteiger partial charge in [0.15, 0.2) is 0 Å². The molecule has 2 rings (SSSR count). The molecule has 1 aliphatic heterocycles. The Kier molecular flexibility index (Phi) is 3.90. The maximum absolute atomic E-state index is 13.9. The van der Waals surface area contributed by atoms with E-state index < -0.39 is 5.41 Å². The van der Waals surface area contributed by atoms with Gasteiger partial charge in [0.1, 0.15) is 5.82 Å². The van der Waals surface area contributed by atoms with Gasteiger partial charge in [0.2, 0.25) is 5.91 Å². The normalized spacial score (nSPS) is 20.4. The number of nitrogens with zero attached hydrogens (tertiary/aromatic N) is 1. The maximum Gasteiger partial charge on any atom is 0.232 e. The van der Waals surface area contributed by atoms with Crippen LogP contribution >= 0.6 is 0 Å². The largest absolute Gasteiger partial charge is 0.339 e. The number of carbonyl (C=O) groups excluding carboxylic acids is 1. The average molecular weight is 264 g/mol. The molecule has 1 N–H and O–H groups in total. The lowest BCUT2D eigenvalue weighted by Gasteiger charge is -2.37. The second-order valence-corrected chi connectivity index (χ2v) is 5.71. The first-order valence-electron chi connectivity index (χ1n) is 6.70. The molecule has 4 heteroatoms. The predicted molar refractivity (Wildman–Crippen MR) is 73.5 cm³/mol. The van der Waals surface area contributed by atoms with E-state index >= 15 is 0 Å². The number of benzene rings is 1.